The molecule has 3 aromatic heterocycles. The molecule has 1 aliphatic heterocycles. The van der Waals surface area contributed by atoms with Gasteiger partial charge >= 0.3 is 5.69 Å². The van der Waals surface area contributed by atoms with Crippen molar-refractivity contribution >= 4 is 27.4 Å². The van der Waals surface area contributed by atoms with E-state index in [0.29, 0.717) is 0 Å². The molecule has 2 N–H and O–H groups in total. The summed E-state index contributed by atoms with van der Waals surface area (Å²) in [5.41, 5.74) is -0.243. The second-order valence-corrected chi connectivity index (χ2v) is 7.34. The highest BCUT2D eigenvalue weighted by Gasteiger charge is 2.26. The Morgan fingerprint density at radius 3 is 3.04 bits per heavy atom. The molecule has 7 nitrogen and oxygen atoms in total. The summed E-state index contributed by atoms with van der Waals surface area (Å²) in [6.45, 7) is 5.88. The molecule has 1 saturated heterocycles. The molecule has 126 valence electrons. The van der Waals surface area contributed by atoms with E-state index in [0.717, 1.165) is 60.0 Å². The summed E-state index contributed by atoms with van der Waals surface area (Å²) in [6, 6.07) is 2.22. The zero-order valence-electron chi connectivity index (χ0n) is 13.8. The number of nitrogens with zero attached hydrogens (tertiary/aromatic N) is 4. The molecule has 24 heavy (non-hydrogen) atoms. The van der Waals surface area contributed by atoms with Crippen molar-refractivity contribution < 1.29 is 0 Å². The second-order valence-electron chi connectivity index (χ2n) is 6.23. The summed E-state index contributed by atoms with van der Waals surface area (Å²) in [6.07, 6.45) is 3.08. The number of hydrogen-bond donors (Lipinski definition) is 2. The van der Waals surface area contributed by atoms with Gasteiger partial charge in [0.2, 0.25) is 0 Å². The number of rotatable bonds is 3. The third-order valence-electron chi connectivity index (χ3n) is 4.51. The molecule has 4 rings (SSSR count). The van der Waals surface area contributed by atoms with Crippen molar-refractivity contribution in [2.75, 3.05) is 18.0 Å². The number of aryl methyl sites for hydroxylation is 2. The van der Waals surface area contributed by atoms with E-state index in [9.17, 15) is 4.79 Å². The Kier molecular flexibility index (Phi) is 3.84. The molecule has 1 aliphatic rings. The van der Waals surface area contributed by atoms with Crippen LogP contribution in [0.3, 0.4) is 0 Å². The highest BCUT2D eigenvalue weighted by Crippen LogP contribution is 2.34. The molecular weight excluding hydrogens is 324 g/mol. The van der Waals surface area contributed by atoms with Gasteiger partial charge in [0.15, 0.2) is 0 Å². The topological polar surface area (TPSA) is 90.6 Å². The number of thiophene rings is 1. The normalized spacial score (nSPS) is 18.4. The first-order chi connectivity index (χ1) is 11.6. The van der Waals surface area contributed by atoms with Crippen LogP contribution in [0.1, 0.15) is 42.2 Å². The van der Waals surface area contributed by atoms with Crippen LogP contribution in [0.4, 0.5) is 5.82 Å². The average molecular weight is 344 g/mol. The number of aromatic nitrogens is 5. The molecule has 3 aromatic rings. The Hall–Kier alpha value is -2.22. The van der Waals surface area contributed by atoms with Gasteiger partial charge in [0.05, 0.1) is 5.39 Å². The van der Waals surface area contributed by atoms with Crippen molar-refractivity contribution in [1.29, 1.82) is 0 Å². The van der Waals surface area contributed by atoms with Crippen LogP contribution in [-0.2, 0) is 6.42 Å². The van der Waals surface area contributed by atoms with Gasteiger partial charge in [0.1, 0.15) is 22.3 Å². The number of fused-ring (bicyclic) bond motifs is 1. The molecule has 0 aromatic carbocycles. The molecule has 0 saturated carbocycles. The van der Waals surface area contributed by atoms with Gasteiger partial charge in [0, 0.05) is 23.9 Å². The van der Waals surface area contributed by atoms with Gasteiger partial charge in [-0.05, 0) is 32.3 Å². The minimum atomic E-state index is -0.243. The Morgan fingerprint density at radius 2 is 2.29 bits per heavy atom. The van der Waals surface area contributed by atoms with Gasteiger partial charge in [-0.1, -0.05) is 6.92 Å². The van der Waals surface area contributed by atoms with Crippen LogP contribution in [0.5, 0.6) is 0 Å². The van der Waals surface area contributed by atoms with Gasteiger partial charge in [-0.15, -0.1) is 11.3 Å². The molecule has 4 heterocycles. The summed E-state index contributed by atoms with van der Waals surface area (Å²) >= 11 is 1.75. The van der Waals surface area contributed by atoms with Gasteiger partial charge in [-0.3, -0.25) is 4.98 Å². The number of anilines is 1. The Morgan fingerprint density at radius 1 is 1.42 bits per heavy atom. The van der Waals surface area contributed by atoms with Crippen LogP contribution in [-0.4, -0.2) is 38.2 Å². The number of nitrogens with one attached hydrogen (secondary N) is 2. The van der Waals surface area contributed by atoms with Crippen molar-refractivity contribution in [2.45, 2.75) is 39.0 Å². The van der Waals surface area contributed by atoms with Gasteiger partial charge in [-0.25, -0.2) is 19.9 Å². The fourth-order valence-electron chi connectivity index (χ4n) is 3.34. The quantitative estimate of drug-likeness (QED) is 0.761. The smallest absolute Gasteiger partial charge is 0.340 e. The SMILES string of the molecule is CCc1cc2c(N3CCCC(c4n[nH]c(=O)[nH]4)C3)nc(C)nc2s1. The molecule has 0 aliphatic carbocycles. The first kappa shape index (κ1) is 15.3. The molecule has 0 radical (unpaired) electrons. The standard InChI is InChI=1S/C16H20N6OS/c1-3-11-7-12-14(17-9(2)18-15(12)24-11)22-6-4-5-10(8-22)13-19-16(23)21-20-13/h7,10H,3-6,8H2,1-2H3,(H2,19,20,21,23). The van der Waals surface area contributed by atoms with E-state index < -0.39 is 0 Å². The average Bonchev–Trinajstić information content (AvgIpc) is 3.20. The van der Waals surface area contributed by atoms with Gasteiger partial charge in [0.25, 0.3) is 0 Å². The van der Waals surface area contributed by atoms with Gasteiger partial charge in [-0.2, -0.15) is 5.10 Å². The second kappa shape index (κ2) is 6.01. The van der Waals surface area contributed by atoms with E-state index >= 15 is 0 Å². The van der Waals surface area contributed by atoms with Crippen molar-refractivity contribution in [3.05, 3.63) is 33.1 Å². The van der Waals surface area contributed by atoms with Crippen LogP contribution in [0.25, 0.3) is 10.2 Å². The van der Waals surface area contributed by atoms with Crippen LogP contribution in [0.15, 0.2) is 10.9 Å². The van der Waals surface area contributed by atoms with Crippen molar-refractivity contribution in [3.63, 3.8) is 0 Å². The molecular formula is C16H20N6OS. The van der Waals surface area contributed by atoms with Crippen molar-refractivity contribution in [2.24, 2.45) is 0 Å². The predicted octanol–water partition coefficient (Wildman–Crippen LogP) is 2.36. The van der Waals surface area contributed by atoms with Crippen LogP contribution < -0.4 is 10.6 Å². The zero-order chi connectivity index (χ0) is 16.7. The van der Waals surface area contributed by atoms with Crippen molar-refractivity contribution in [3.8, 4) is 0 Å². The molecule has 1 atom stereocenters. The maximum absolute atomic E-state index is 11.3. The van der Waals surface area contributed by atoms with E-state index in [-0.39, 0.29) is 11.6 Å². The van der Waals surface area contributed by atoms with E-state index in [1.807, 2.05) is 6.92 Å². The van der Waals surface area contributed by atoms with E-state index in [1.54, 1.807) is 11.3 Å². The predicted molar refractivity (Wildman–Crippen MR) is 94.9 cm³/mol. The van der Waals surface area contributed by atoms with Crippen LogP contribution in [0.2, 0.25) is 0 Å². The third kappa shape index (κ3) is 2.71. The highest BCUT2D eigenvalue weighted by atomic mass is 32.1. The summed E-state index contributed by atoms with van der Waals surface area (Å²) < 4.78 is 0. The number of aromatic amines is 2. The summed E-state index contributed by atoms with van der Waals surface area (Å²) in [5.74, 6) is 2.77. The lowest BCUT2D eigenvalue weighted by Crippen LogP contribution is -2.35. The minimum absolute atomic E-state index is 0.215. The van der Waals surface area contributed by atoms with Gasteiger partial charge < -0.3 is 4.90 Å². The highest BCUT2D eigenvalue weighted by molar-refractivity contribution is 7.18. The van der Waals surface area contributed by atoms with Crippen LogP contribution in [0, 0.1) is 6.92 Å². The molecule has 8 heteroatoms. The fraction of sp³-hybridized carbons (Fsp3) is 0.500. The third-order valence-corrected chi connectivity index (χ3v) is 5.68. The lowest BCUT2D eigenvalue weighted by Gasteiger charge is -2.32. The molecule has 0 spiro atoms. The van der Waals surface area contributed by atoms with Crippen molar-refractivity contribution in [1.82, 2.24) is 25.1 Å². The largest absolute Gasteiger partial charge is 0.355 e. The molecule has 0 amide bonds. The first-order valence-corrected chi connectivity index (χ1v) is 9.12. The first-order valence-electron chi connectivity index (χ1n) is 8.30. The number of hydrogen-bond acceptors (Lipinski definition) is 6. The Bertz CT molecular complexity index is 926. The van der Waals surface area contributed by atoms with E-state index in [4.69, 9.17) is 4.98 Å². The van der Waals surface area contributed by atoms with E-state index in [1.165, 1.54) is 4.88 Å². The fourth-order valence-corrected chi connectivity index (χ4v) is 4.35. The monoisotopic (exact) mass is 344 g/mol. The van der Waals surface area contributed by atoms with E-state index in [2.05, 4.69) is 38.1 Å². The molecule has 0 bridgehead atoms. The van der Waals surface area contributed by atoms with Crippen LogP contribution >= 0.6 is 11.3 Å². The molecule has 1 fully saturated rings. The Labute approximate surface area is 143 Å². The number of H-pyrrole nitrogens is 2. The maximum atomic E-state index is 11.3. The lowest BCUT2D eigenvalue weighted by molar-refractivity contribution is 0.490. The summed E-state index contributed by atoms with van der Waals surface area (Å²) in [4.78, 5) is 28.2. The Balaban J connectivity index is 1.71. The summed E-state index contributed by atoms with van der Waals surface area (Å²) in [5, 5.41) is 7.72. The zero-order valence-corrected chi connectivity index (χ0v) is 14.6. The summed E-state index contributed by atoms with van der Waals surface area (Å²) in [7, 11) is 0. The number of piperidine rings is 1. The molecule has 1 unspecified atom stereocenters. The lowest BCUT2D eigenvalue weighted by atomic mass is 9.97. The maximum Gasteiger partial charge on any atom is 0.340 e. The minimum Gasteiger partial charge on any atom is -0.355 e.